The molecule has 1 saturated heterocycles. The first-order valence-corrected chi connectivity index (χ1v) is 12.7. The second kappa shape index (κ2) is 12.1. The second-order valence-corrected chi connectivity index (χ2v) is 10.3. The van der Waals surface area contributed by atoms with Gasteiger partial charge in [-0.15, -0.1) is 0 Å². The Morgan fingerprint density at radius 2 is 1.84 bits per heavy atom. The maximum Gasteiger partial charge on any atom is 0.419 e. The highest BCUT2D eigenvalue weighted by atomic mass is 19.4. The van der Waals surface area contributed by atoms with E-state index in [2.05, 4.69) is 17.1 Å². The van der Waals surface area contributed by atoms with Crippen LogP contribution in [0.5, 0.6) is 5.75 Å². The number of aromatic nitrogens is 2. The van der Waals surface area contributed by atoms with Gasteiger partial charge in [-0.2, -0.15) is 18.2 Å². The first-order valence-electron chi connectivity index (χ1n) is 12.7. The van der Waals surface area contributed by atoms with Gasteiger partial charge in [0.15, 0.2) is 0 Å². The molecule has 2 heterocycles. The Hall–Kier alpha value is -2.85. The van der Waals surface area contributed by atoms with Gasteiger partial charge in [0.25, 0.3) is 0 Å². The lowest BCUT2D eigenvalue weighted by molar-refractivity contribution is -0.138. The fourth-order valence-electron chi connectivity index (χ4n) is 4.11. The van der Waals surface area contributed by atoms with Crippen LogP contribution >= 0.6 is 0 Å². The van der Waals surface area contributed by atoms with Crippen molar-refractivity contribution in [2.75, 3.05) is 13.2 Å². The number of amides is 1. The molecule has 2 atom stereocenters. The molecule has 0 bridgehead atoms. The molecule has 0 unspecified atom stereocenters. The Balaban J connectivity index is 1.74. The van der Waals surface area contributed by atoms with Gasteiger partial charge in [0.2, 0.25) is 11.7 Å². The van der Waals surface area contributed by atoms with E-state index in [1.54, 1.807) is 20.8 Å². The van der Waals surface area contributed by atoms with E-state index in [0.717, 1.165) is 43.1 Å². The summed E-state index contributed by atoms with van der Waals surface area (Å²) in [7, 11) is 0. The number of halogens is 4. The SMILES string of the molecule is CCCCCCCCOc1ccc(-c2noc([C@@H]3C[C@H](F)CN3C(=O)OC(C)(C)C)n2)cc1C(F)(F)F. The minimum absolute atomic E-state index is 0.0628. The number of unbranched alkanes of at least 4 members (excludes halogenated alkanes) is 5. The zero-order valence-electron chi connectivity index (χ0n) is 21.7. The predicted molar refractivity (Wildman–Crippen MR) is 129 cm³/mol. The Morgan fingerprint density at radius 3 is 2.51 bits per heavy atom. The highest BCUT2D eigenvalue weighted by molar-refractivity contribution is 5.69. The zero-order chi connectivity index (χ0) is 27.2. The quantitative estimate of drug-likeness (QED) is 0.234. The third kappa shape index (κ3) is 8.07. The van der Waals surface area contributed by atoms with Crippen LogP contribution < -0.4 is 4.74 Å². The van der Waals surface area contributed by atoms with Gasteiger partial charge in [-0.1, -0.05) is 44.2 Å². The molecule has 11 heteroatoms. The molecule has 0 radical (unpaired) electrons. The maximum absolute atomic E-state index is 14.2. The molecule has 37 heavy (non-hydrogen) atoms. The molecule has 206 valence electrons. The lowest BCUT2D eigenvalue weighted by Crippen LogP contribution is -2.37. The number of benzene rings is 1. The normalized spacial score (nSPS) is 18.3. The van der Waals surface area contributed by atoms with Crippen LogP contribution in [0.25, 0.3) is 11.4 Å². The molecule has 1 fully saturated rings. The van der Waals surface area contributed by atoms with Crippen molar-refractivity contribution in [2.24, 2.45) is 0 Å². The van der Waals surface area contributed by atoms with Crippen LogP contribution in [-0.4, -0.2) is 46.1 Å². The molecule has 1 aromatic heterocycles. The van der Waals surface area contributed by atoms with Gasteiger partial charge in [-0.3, -0.25) is 4.90 Å². The van der Waals surface area contributed by atoms with Crippen molar-refractivity contribution in [2.45, 2.75) is 96.6 Å². The summed E-state index contributed by atoms with van der Waals surface area (Å²) >= 11 is 0. The summed E-state index contributed by atoms with van der Waals surface area (Å²) in [6.07, 6.45) is -0.832. The number of carbonyl (C=O) groups is 1. The van der Waals surface area contributed by atoms with Gasteiger partial charge in [0.1, 0.15) is 23.6 Å². The Kier molecular flexibility index (Phi) is 9.41. The van der Waals surface area contributed by atoms with Gasteiger partial charge in [-0.05, 0) is 45.4 Å². The van der Waals surface area contributed by atoms with Crippen LogP contribution in [0.3, 0.4) is 0 Å². The number of nitrogens with zero attached hydrogens (tertiary/aromatic N) is 3. The predicted octanol–water partition coefficient (Wildman–Crippen LogP) is 7.51. The molecule has 0 saturated carbocycles. The van der Waals surface area contributed by atoms with Crippen molar-refractivity contribution in [3.63, 3.8) is 0 Å². The van der Waals surface area contributed by atoms with E-state index in [1.165, 1.54) is 12.1 Å². The monoisotopic (exact) mass is 529 g/mol. The van der Waals surface area contributed by atoms with Gasteiger partial charge < -0.3 is 14.0 Å². The molecule has 0 aliphatic carbocycles. The van der Waals surface area contributed by atoms with Crippen LogP contribution in [0.4, 0.5) is 22.4 Å². The van der Waals surface area contributed by atoms with Crippen molar-refractivity contribution in [1.82, 2.24) is 15.0 Å². The summed E-state index contributed by atoms with van der Waals surface area (Å²) in [4.78, 5) is 17.9. The smallest absolute Gasteiger partial charge is 0.419 e. The maximum atomic E-state index is 14.2. The number of hydrogen-bond acceptors (Lipinski definition) is 6. The van der Waals surface area contributed by atoms with Crippen molar-refractivity contribution in [3.8, 4) is 17.1 Å². The van der Waals surface area contributed by atoms with E-state index in [-0.39, 0.29) is 42.6 Å². The van der Waals surface area contributed by atoms with E-state index in [4.69, 9.17) is 14.0 Å². The molecule has 1 aromatic carbocycles. The van der Waals surface area contributed by atoms with Crippen LogP contribution in [0.15, 0.2) is 22.7 Å². The van der Waals surface area contributed by atoms with E-state index in [1.807, 2.05) is 0 Å². The van der Waals surface area contributed by atoms with Crippen LogP contribution in [0, 0.1) is 0 Å². The molecule has 0 N–H and O–H groups in total. The van der Waals surface area contributed by atoms with Crippen molar-refractivity contribution < 1.29 is 36.4 Å². The van der Waals surface area contributed by atoms with Gasteiger partial charge in [0.05, 0.1) is 18.7 Å². The number of hydrogen-bond donors (Lipinski definition) is 0. The van der Waals surface area contributed by atoms with Crippen LogP contribution in [0.1, 0.15) is 90.1 Å². The van der Waals surface area contributed by atoms with Gasteiger partial charge in [-0.25, -0.2) is 9.18 Å². The second-order valence-electron chi connectivity index (χ2n) is 10.3. The molecule has 7 nitrogen and oxygen atoms in total. The number of rotatable bonds is 10. The summed E-state index contributed by atoms with van der Waals surface area (Å²) in [6, 6.07) is 2.68. The Labute approximate surface area is 214 Å². The molecule has 3 rings (SSSR count). The molecular weight excluding hydrogens is 494 g/mol. The lowest BCUT2D eigenvalue weighted by Gasteiger charge is -2.26. The number of alkyl halides is 4. The number of carbonyl (C=O) groups excluding carboxylic acids is 1. The van der Waals surface area contributed by atoms with E-state index >= 15 is 0 Å². The zero-order valence-corrected chi connectivity index (χ0v) is 21.7. The minimum Gasteiger partial charge on any atom is -0.493 e. The molecule has 1 amide bonds. The third-order valence-corrected chi connectivity index (χ3v) is 5.90. The highest BCUT2D eigenvalue weighted by Gasteiger charge is 2.42. The number of ether oxygens (including phenoxy) is 2. The molecule has 1 aliphatic rings. The van der Waals surface area contributed by atoms with Crippen molar-refractivity contribution in [3.05, 3.63) is 29.7 Å². The number of likely N-dealkylation sites (tertiary alicyclic amines) is 1. The Bertz CT molecular complexity index is 1040. The fraction of sp³-hybridized carbons (Fsp3) is 0.654. The standard InChI is InChI=1S/C26H35F4N3O4/c1-5-6-7-8-9-10-13-35-21-12-11-17(14-19(21)26(28,29)30)22-31-23(37-32-22)20-15-18(27)16-33(20)24(34)36-25(2,3)4/h11-12,14,18,20H,5-10,13,15-16H2,1-4H3/t18-,20-/m0/s1. The first kappa shape index (κ1) is 28.7. The Morgan fingerprint density at radius 1 is 1.14 bits per heavy atom. The fourth-order valence-corrected chi connectivity index (χ4v) is 4.11. The lowest BCUT2D eigenvalue weighted by atomic mass is 10.1. The van der Waals surface area contributed by atoms with Gasteiger partial charge >= 0.3 is 12.3 Å². The minimum atomic E-state index is -4.65. The largest absolute Gasteiger partial charge is 0.493 e. The van der Waals surface area contributed by atoms with Crippen molar-refractivity contribution >= 4 is 6.09 Å². The average molecular weight is 530 g/mol. The van der Waals surface area contributed by atoms with Gasteiger partial charge in [0, 0.05) is 12.0 Å². The van der Waals surface area contributed by atoms with Crippen LogP contribution in [-0.2, 0) is 10.9 Å². The van der Waals surface area contributed by atoms with E-state index in [9.17, 15) is 22.4 Å². The summed E-state index contributed by atoms with van der Waals surface area (Å²) in [5, 5.41) is 3.79. The molecule has 2 aromatic rings. The molecule has 1 aliphatic heterocycles. The van der Waals surface area contributed by atoms with E-state index in [0.29, 0.717) is 6.42 Å². The topological polar surface area (TPSA) is 77.7 Å². The van der Waals surface area contributed by atoms with Crippen molar-refractivity contribution in [1.29, 1.82) is 0 Å². The van der Waals surface area contributed by atoms with E-state index < -0.39 is 35.6 Å². The molecular formula is C26H35F4N3O4. The summed E-state index contributed by atoms with van der Waals surface area (Å²) in [6.45, 7) is 7.16. The molecule has 0 spiro atoms. The third-order valence-electron chi connectivity index (χ3n) is 5.90. The highest BCUT2D eigenvalue weighted by Crippen LogP contribution is 2.39. The summed E-state index contributed by atoms with van der Waals surface area (Å²) < 4.78 is 71.6. The first-order chi connectivity index (χ1) is 17.4. The summed E-state index contributed by atoms with van der Waals surface area (Å²) in [5.74, 6) is -0.437. The summed E-state index contributed by atoms with van der Waals surface area (Å²) in [5.41, 5.74) is -1.67. The van der Waals surface area contributed by atoms with Crippen LogP contribution in [0.2, 0.25) is 0 Å². The average Bonchev–Trinajstić information content (AvgIpc) is 3.43.